The fourth-order valence-corrected chi connectivity index (χ4v) is 3.27. The number of carbonyl (C=O) groups excluding carboxylic acids is 2. The van der Waals surface area contributed by atoms with E-state index < -0.39 is 11.9 Å². The zero-order valence-corrected chi connectivity index (χ0v) is 16.4. The van der Waals surface area contributed by atoms with E-state index in [1.165, 1.54) is 25.0 Å². The zero-order valence-electron chi connectivity index (χ0n) is 16.4. The van der Waals surface area contributed by atoms with Crippen LogP contribution in [0.3, 0.4) is 0 Å². The Morgan fingerprint density at radius 3 is 2.40 bits per heavy atom. The van der Waals surface area contributed by atoms with Crippen LogP contribution in [0.5, 0.6) is 5.75 Å². The fourth-order valence-electron chi connectivity index (χ4n) is 3.27. The molecule has 0 bridgehead atoms. The highest BCUT2D eigenvalue weighted by Crippen LogP contribution is 2.40. The van der Waals surface area contributed by atoms with Crippen LogP contribution in [0, 0.1) is 6.92 Å². The van der Waals surface area contributed by atoms with Crippen molar-refractivity contribution >= 4 is 22.9 Å². The van der Waals surface area contributed by atoms with Gasteiger partial charge in [-0.15, -0.1) is 0 Å². The van der Waals surface area contributed by atoms with Gasteiger partial charge in [-0.3, -0.25) is 0 Å². The number of phenols is 1. The van der Waals surface area contributed by atoms with E-state index in [-0.39, 0.29) is 33.8 Å². The van der Waals surface area contributed by atoms with Crippen molar-refractivity contribution in [2.75, 3.05) is 14.2 Å². The molecule has 0 amide bonds. The van der Waals surface area contributed by atoms with Crippen LogP contribution in [0.1, 0.15) is 26.5 Å². The number of carbonyl (C=O) groups is 2. The maximum atomic E-state index is 12.7. The van der Waals surface area contributed by atoms with Gasteiger partial charge in [0.1, 0.15) is 17.0 Å². The van der Waals surface area contributed by atoms with Crippen molar-refractivity contribution in [3.63, 3.8) is 0 Å². The lowest BCUT2D eigenvalue weighted by Gasteiger charge is -2.07. The van der Waals surface area contributed by atoms with Crippen molar-refractivity contribution < 1.29 is 28.7 Å². The zero-order chi connectivity index (χ0) is 21.4. The number of aromatic hydroxyl groups is 1. The minimum Gasteiger partial charge on any atom is -0.507 e. The van der Waals surface area contributed by atoms with Gasteiger partial charge in [-0.25, -0.2) is 14.3 Å². The average molecular weight is 407 g/mol. The molecule has 152 valence electrons. The minimum atomic E-state index is -0.819. The van der Waals surface area contributed by atoms with Crippen LogP contribution in [-0.4, -0.2) is 46.2 Å². The van der Waals surface area contributed by atoms with Gasteiger partial charge in [0.15, 0.2) is 11.3 Å². The van der Waals surface area contributed by atoms with Crippen LogP contribution < -0.4 is 0 Å². The predicted molar refractivity (Wildman–Crippen MR) is 106 cm³/mol. The molecule has 2 heterocycles. The van der Waals surface area contributed by atoms with Crippen LogP contribution >= 0.6 is 0 Å². The molecule has 0 aliphatic carbocycles. The molecule has 0 unspecified atom stereocenters. The number of fused-ring (bicyclic) bond motifs is 1. The van der Waals surface area contributed by atoms with Gasteiger partial charge in [0, 0.05) is 5.39 Å². The molecular weight excluding hydrogens is 390 g/mol. The van der Waals surface area contributed by atoms with Gasteiger partial charge in [-0.1, -0.05) is 23.4 Å². The van der Waals surface area contributed by atoms with Crippen molar-refractivity contribution in [1.29, 1.82) is 0 Å². The molecule has 2 aromatic heterocycles. The van der Waals surface area contributed by atoms with E-state index >= 15 is 0 Å². The summed E-state index contributed by atoms with van der Waals surface area (Å²) < 4.78 is 16.5. The van der Waals surface area contributed by atoms with Crippen LogP contribution in [0.4, 0.5) is 0 Å². The minimum absolute atomic E-state index is 0.00496. The highest BCUT2D eigenvalue weighted by Gasteiger charge is 2.34. The molecule has 0 aliphatic rings. The summed E-state index contributed by atoms with van der Waals surface area (Å²) in [6.45, 7) is 1.75. The van der Waals surface area contributed by atoms with Gasteiger partial charge in [0.05, 0.1) is 31.2 Å². The molecule has 0 saturated heterocycles. The molecule has 0 radical (unpaired) electrons. The number of nitrogens with zero attached hydrogens (tertiary/aromatic N) is 3. The number of esters is 2. The first-order valence-electron chi connectivity index (χ1n) is 8.91. The molecule has 0 saturated carbocycles. The number of ether oxygens (including phenoxy) is 2. The number of phenolic OH excluding ortho intramolecular Hbond substituents is 1. The molecule has 30 heavy (non-hydrogen) atoms. The third kappa shape index (κ3) is 2.87. The molecule has 0 aliphatic heterocycles. The first-order valence-corrected chi connectivity index (χ1v) is 8.91. The summed E-state index contributed by atoms with van der Waals surface area (Å²) in [5.74, 6) is -1.81. The first kappa shape index (κ1) is 19.2. The van der Waals surface area contributed by atoms with Crippen LogP contribution in [0.15, 0.2) is 47.0 Å². The van der Waals surface area contributed by atoms with Crippen LogP contribution in [0.2, 0.25) is 0 Å². The number of hydrogen-bond donors (Lipinski definition) is 1. The molecule has 0 atom stereocenters. The van der Waals surface area contributed by atoms with Crippen molar-refractivity contribution in [2.24, 2.45) is 0 Å². The Morgan fingerprint density at radius 2 is 1.73 bits per heavy atom. The van der Waals surface area contributed by atoms with E-state index in [2.05, 4.69) is 10.3 Å². The number of aryl methyl sites for hydroxylation is 1. The van der Waals surface area contributed by atoms with Crippen molar-refractivity contribution in [2.45, 2.75) is 6.92 Å². The topological polar surface area (TPSA) is 117 Å². The van der Waals surface area contributed by atoms with Gasteiger partial charge < -0.3 is 19.1 Å². The summed E-state index contributed by atoms with van der Waals surface area (Å²) in [6, 6.07) is 11.8. The lowest BCUT2D eigenvalue weighted by molar-refractivity contribution is 0.0549. The second-order valence-corrected chi connectivity index (χ2v) is 6.41. The van der Waals surface area contributed by atoms with Gasteiger partial charge >= 0.3 is 11.9 Å². The molecule has 9 heteroatoms. The fraction of sp³-hybridized carbons (Fsp3) is 0.143. The van der Waals surface area contributed by atoms with E-state index in [4.69, 9.17) is 14.0 Å². The monoisotopic (exact) mass is 407 g/mol. The number of rotatable bonds is 4. The van der Waals surface area contributed by atoms with Gasteiger partial charge in [0.25, 0.3) is 0 Å². The second-order valence-electron chi connectivity index (χ2n) is 6.41. The van der Waals surface area contributed by atoms with Crippen LogP contribution in [-0.2, 0) is 9.47 Å². The number of para-hydroxylation sites is 1. The quantitative estimate of drug-likeness (QED) is 0.512. The van der Waals surface area contributed by atoms with Crippen molar-refractivity contribution in [3.05, 3.63) is 59.4 Å². The Balaban J connectivity index is 2.14. The largest absolute Gasteiger partial charge is 0.507 e. The van der Waals surface area contributed by atoms with Crippen molar-refractivity contribution in [3.8, 4) is 22.7 Å². The van der Waals surface area contributed by atoms with E-state index in [1.54, 1.807) is 43.3 Å². The summed E-state index contributed by atoms with van der Waals surface area (Å²) in [4.78, 5) is 25.4. The van der Waals surface area contributed by atoms with E-state index in [0.717, 1.165) is 0 Å². The Morgan fingerprint density at radius 1 is 1.03 bits per heavy atom. The molecule has 9 nitrogen and oxygen atoms in total. The normalized spacial score (nSPS) is 10.9. The standard InChI is InChI=1S/C21H17N3O6/c1-11-13-9-10-14(25)15(19(13)30-23-11)17-16(20(26)28-2)18(21(27)29-3)24(22-17)12-7-5-4-6-8-12/h4-10,25H,1-3H3. The third-order valence-electron chi connectivity index (χ3n) is 4.69. The summed E-state index contributed by atoms with van der Waals surface area (Å²) in [7, 11) is 2.38. The number of methoxy groups -OCH3 is 2. The first-order chi connectivity index (χ1) is 14.5. The lowest BCUT2D eigenvalue weighted by atomic mass is 10.0. The highest BCUT2D eigenvalue weighted by molar-refractivity contribution is 6.09. The molecule has 1 N–H and O–H groups in total. The number of aromatic nitrogens is 3. The van der Waals surface area contributed by atoms with Gasteiger partial charge in [-0.05, 0) is 31.2 Å². The molecule has 4 rings (SSSR count). The number of benzene rings is 2. The second kappa shape index (κ2) is 7.36. The molecule has 0 fully saturated rings. The van der Waals surface area contributed by atoms with Gasteiger partial charge in [-0.2, -0.15) is 5.10 Å². The van der Waals surface area contributed by atoms with E-state index in [1.807, 2.05) is 0 Å². The predicted octanol–water partition coefficient (Wildman–Crippen LogP) is 3.27. The summed E-state index contributed by atoms with van der Waals surface area (Å²) in [5.41, 5.74) is 1.16. The summed E-state index contributed by atoms with van der Waals surface area (Å²) in [6.07, 6.45) is 0. The smallest absolute Gasteiger partial charge is 0.357 e. The molecular formula is C21H17N3O6. The number of hydrogen-bond acceptors (Lipinski definition) is 8. The highest BCUT2D eigenvalue weighted by atomic mass is 16.5. The molecule has 0 spiro atoms. The molecule has 4 aromatic rings. The van der Waals surface area contributed by atoms with Crippen molar-refractivity contribution in [1.82, 2.24) is 14.9 Å². The Kier molecular flexibility index (Phi) is 4.71. The van der Waals surface area contributed by atoms with Gasteiger partial charge in [0.2, 0.25) is 0 Å². The SMILES string of the molecule is COC(=O)c1c(-c2c(O)ccc3c(C)noc23)nn(-c2ccccc2)c1C(=O)OC. The van der Waals surface area contributed by atoms with E-state index in [0.29, 0.717) is 16.8 Å². The lowest BCUT2D eigenvalue weighted by Crippen LogP contribution is -2.15. The maximum Gasteiger partial charge on any atom is 0.357 e. The Hall–Kier alpha value is -4.14. The third-order valence-corrected chi connectivity index (χ3v) is 4.69. The summed E-state index contributed by atoms with van der Waals surface area (Å²) >= 11 is 0. The molecule has 2 aromatic carbocycles. The average Bonchev–Trinajstić information content (AvgIpc) is 3.34. The Labute approximate surface area is 170 Å². The summed E-state index contributed by atoms with van der Waals surface area (Å²) in [5, 5.41) is 19.6. The van der Waals surface area contributed by atoms with Crippen LogP contribution in [0.25, 0.3) is 27.9 Å². The Bertz CT molecular complexity index is 1270. The maximum absolute atomic E-state index is 12.7. The van der Waals surface area contributed by atoms with E-state index in [9.17, 15) is 14.7 Å².